The highest BCUT2D eigenvalue weighted by molar-refractivity contribution is 9.10. The summed E-state index contributed by atoms with van der Waals surface area (Å²) in [6, 6.07) is 4.49. The predicted molar refractivity (Wildman–Crippen MR) is 59.5 cm³/mol. The SMILES string of the molecule is O=C1CN(c2ccc(Br)cc2F)CC(=O)N1. The minimum atomic E-state index is -0.461. The first-order valence-corrected chi connectivity index (χ1v) is 5.38. The molecule has 4 nitrogen and oxygen atoms in total. The van der Waals surface area contributed by atoms with Gasteiger partial charge in [0.2, 0.25) is 11.8 Å². The number of carbonyl (C=O) groups excluding carboxylic acids is 2. The van der Waals surface area contributed by atoms with Crippen molar-refractivity contribution in [2.75, 3.05) is 18.0 Å². The fourth-order valence-electron chi connectivity index (χ4n) is 1.55. The zero-order chi connectivity index (χ0) is 11.7. The lowest BCUT2D eigenvalue weighted by Gasteiger charge is -2.27. The number of hydrogen-bond acceptors (Lipinski definition) is 3. The lowest BCUT2D eigenvalue weighted by molar-refractivity contribution is -0.130. The summed E-state index contributed by atoms with van der Waals surface area (Å²) >= 11 is 3.14. The van der Waals surface area contributed by atoms with E-state index in [1.54, 1.807) is 6.07 Å². The van der Waals surface area contributed by atoms with Gasteiger partial charge in [-0.2, -0.15) is 0 Å². The Morgan fingerprint density at radius 1 is 1.25 bits per heavy atom. The third-order valence-electron chi connectivity index (χ3n) is 2.20. The van der Waals surface area contributed by atoms with Crippen molar-refractivity contribution in [1.82, 2.24) is 5.32 Å². The molecular weight excluding hydrogens is 279 g/mol. The Kier molecular flexibility index (Phi) is 2.91. The number of halogens is 2. The molecule has 0 spiro atoms. The minimum absolute atomic E-state index is 0.00963. The van der Waals surface area contributed by atoms with E-state index in [0.29, 0.717) is 4.47 Å². The number of piperazine rings is 1. The molecule has 0 atom stereocenters. The average Bonchev–Trinajstić information content (AvgIpc) is 2.15. The van der Waals surface area contributed by atoms with Gasteiger partial charge in [0, 0.05) is 4.47 Å². The van der Waals surface area contributed by atoms with Crippen LogP contribution in [0.1, 0.15) is 0 Å². The van der Waals surface area contributed by atoms with Crippen LogP contribution in [0, 0.1) is 5.82 Å². The minimum Gasteiger partial charge on any atom is -0.351 e. The number of anilines is 1. The molecule has 2 rings (SSSR count). The van der Waals surface area contributed by atoms with Crippen molar-refractivity contribution in [3.63, 3.8) is 0 Å². The molecule has 1 aromatic carbocycles. The van der Waals surface area contributed by atoms with E-state index in [9.17, 15) is 14.0 Å². The molecule has 1 fully saturated rings. The van der Waals surface area contributed by atoms with Gasteiger partial charge in [0.25, 0.3) is 0 Å². The Hall–Kier alpha value is -1.43. The molecule has 16 heavy (non-hydrogen) atoms. The van der Waals surface area contributed by atoms with Gasteiger partial charge in [0.15, 0.2) is 0 Å². The summed E-state index contributed by atoms with van der Waals surface area (Å²) in [5.41, 5.74) is 0.256. The predicted octanol–water partition coefficient (Wildman–Crippen LogP) is 1.05. The van der Waals surface area contributed by atoms with Gasteiger partial charge in [-0.15, -0.1) is 0 Å². The number of nitrogens with one attached hydrogen (secondary N) is 1. The lowest BCUT2D eigenvalue weighted by atomic mass is 10.2. The molecular formula is C10H8BrFN2O2. The van der Waals surface area contributed by atoms with Crippen LogP contribution in [-0.2, 0) is 9.59 Å². The fourth-order valence-corrected chi connectivity index (χ4v) is 1.88. The van der Waals surface area contributed by atoms with E-state index in [4.69, 9.17) is 0 Å². The summed E-state index contributed by atoms with van der Waals surface area (Å²) in [7, 11) is 0. The van der Waals surface area contributed by atoms with Crippen molar-refractivity contribution in [3.05, 3.63) is 28.5 Å². The summed E-state index contributed by atoms with van der Waals surface area (Å²) in [6.45, 7) is -0.0193. The molecule has 0 unspecified atom stereocenters. The van der Waals surface area contributed by atoms with E-state index < -0.39 is 17.6 Å². The van der Waals surface area contributed by atoms with Crippen LogP contribution in [0.2, 0.25) is 0 Å². The van der Waals surface area contributed by atoms with E-state index in [1.165, 1.54) is 17.0 Å². The molecule has 1 saturated heterocycles. The molecule has 1 aliphatic heterocycles. The second kappa shape index (κ2) is 4.21. The number of amides is 2. The van der Waals surface area contributed by atoms with Gasteiger partial charge in [-0.05, 0) is 18.2 Å². The number of benzene rings is 1. The first-order valence-electron chi connectivity index (χ1n) is 4.59. The zero-order valence-electron chi connectivity index (χ0n) is 8.17. The molecule has 2 amide bonds. The topological polar surface area (TPSA) is 49.4 Å². The van der Waals surface area contributed by atoms with Crippen molar-refractivity contribution < 1.29 is 14.0 Å². The highest BCUT2D eigenvalue weighted by atomic mass is 79.9. The van der Waals surface area contributed by atoms with Crippen LogP contribution in [0.3, 0.4) is 0 Å². The van der Waals surface area contributed by atoms with E-state index >= 15 is 0 Å². The Labute approximate surface area is 99.6 Å². The summed E-state index contributed by atoms with van der Waals surface area (Å²) < 4.78 is 14.2. The van der Waals surface area contributed by atoms with Gasteiger partial charge in [-0.25, -0.2) is 4.39 Å². The summed E-state index contributed by atoms with van der Waals surface area (Å²) in [6.07, 6.45) is 0. The van der Waals surface area contributed by atoms with Crippen LogP contribution < -0.4 is 10.2 Å². The quantitative estimate of drug-likeness (QED) is 0.785. The number of hydrogen-bond donors (Lipinski definition) is 1. The molecule has 0 saturated carbocycles. The van der Waals surface area contributed by atoms with E-state index in [-0.39, 0.29) is 18.8 Å². The van der Waals surface area contributed by atoms with Crippen molar-refractivity contribution >= 4 is 33.4 Å². The van der Waals surface area contributed by atoms with Gasteiger partial charge in [-0.3, -0.25) is 14.9 Å². The van der Waals surface area contributed by atoms with Crippen molar-refractivity contribution in [2.24, 2.45) is 0 Å². The van der Waals surface area contributed by atoms with Gasteiger partial charge in [0.1, 0.15) is 5.82 Å². The molecule has 1 heterocycles. The first-order chi connectivity index (χ1) is 7.56. The Bertz CT molecular complexity index is 448. The van der Waals surface area contributed by atoms with Crippen LogP contribution in [0.25, 0.3) is 0 Å². The standard InChI is InChI=1S/C10H8BrFN2O2/c11-6-1-2-8(7(12)3-6)14-4-9(15)13-10(16)5-14/h1-3H,4-5H2,(H,13,15,16). The largest absolute Gasteiger partial charge is 0.351 e. The molecule has 0 bridgehead atoms. The number of imide groups is 1. The van der Waals surface area contributed by atoms with Gasteiger partial charge >= 0.3 is 0 Å². The smallest absolute Gasteiger partial charge is 0.246 e. The number of carbonyl (C=O) groups is 2. The maximum absolute atomic E-state index is 13.6. The summed E-state index contributed by atoms with van der Waals surface area (Å²) in [4.78, 5) is 23.7. The van der Waals surface area contributed by atoms with Gasteiger partial charge < -0.3 is 4.90 Å². The lowest BCUT2D eigenvalue weighted by Crippen LogP contribution is -2.51. The molecule has 0 aromatic heterocycles. The van der Waals surface area contributed by atoms with Crippen LogP contribution >= 0.6 is 15.9 Å². The third kappa shape index (κ3) is 2.21. The molecule has 0 aliphatic carbocycles. The molecule has 1 aliphatic rings. The average molecular weight is 287 g/mol. The molecule has 84 valence electrons. The Morgan fingerprint density at radius 2 is 1.88 bits per heavy atom. The zero-order valence-corrected chi connectivity index (χ0v) is 9.75. The van der Waals surface area contributed by atoms with Crippen LogP contribution in [0.5, 0.6) is 0 Å². The highest BCUT2D eigenvalue weighted by Crippen LogP contribution is 2.23. The van der Waals surface area contributed by atoms with Gasteiger partial charge in [0.05, 0.1) is 18.8 Å². The maximum Gasteiger partial charge on any atom is 0.246 e. The normalized spacial score (nSPS) is 16.2. The van der Waals surface area contributed by atoms with Crippen molar-refractivity contribution in [2.45, 2.75) is 0 Å². The monoisotopic (exact) mass is 286 g/mol. The van der Waals surface area contributed by atoms with Crippen LogP contribution in [0.4, 0.5) is 10.1 Å². The van der Waals surface area contributed by atoms with Crippen molar-refractivity contribution in [1.29, 1.82) is 0 Å². The summed E-state index contributed by atoms with van der Waals surface area (Å²) in [5, 5.41) is 2.16. The second-order valence-electron chi connectivity index (χ2n) is 3.42. The van der Waals surface area contributed by atoms with E-state index in [0.717, 1.165) is 0 Å². The second-order valence-corrected chi connectivity index (χ2v) is 4.34. The van der Waals surface area contributed by atoms with Crippen LogP contribution in [0.15, 0.2) is 22.7 Å². The molecule has 0 radical (unpaired) electrons. The summed E-state index contributed by atoms with van der Waals surface area (Å²) in [5.74, 6) is -1.30. The molecule has 1 aromatic rings. The van der Waals surface area contributed by atoms with E-state index in [2.05, 4.69) is 21.2 Å². The van der Waals surface area contributed by atoms with Crippen molar-refractivity contribution in [3.8, 4) is 0 Å². The number of nitrogens with zero attached hydrogens (tertiary/aromatic N) is 1. The third-order valence-corrected chi connectivity index (χ3v) is 2.69. The molecule has 1 N–H and O–H groups in total. The van der Waals surface area contributed by atoms with E-state index in [1.807, 2.05) is 0 Å². The van der Waals surface area contributed by atoms with Gasteiger partial charge in [-0.1, -0.05) is 15.9 Å². The highest BCUT2D eigenvalue weighted by Gasteiger charge is 2.24. The fraction of sp³-hybridized carbons (Fsp3) is 0.200. The Balaban J connectivity index is 2.29. The number of rotatable bonds is 1. The Morgan fingerprint density at radius 3 is 2.44 bits per heavy atom. The first kappa shape index (κ1) is 11.1. The molecule has 6 heteroatoms. The van der Waals surface area contributed by atoms with Crippen LogP contribution in [-0.4, -0.2) is 24.9 Å². The maximum atomic E-state index is 13.6.